The third-order valence-corrected chi connectivity index (χ3v) is 5.21. The van der Waals surface area contributed by atoms with E-state index >= 15 is 0 Å². The summed E-state index contributed by atoms with van der Waals surface area (Å²) in [6, 6.07) is 3.29. The van der Waals surface area contributed by atoms with Gasteiger partial charge in [0, 0.05) is 6.20 Å². The van der Waals surface area contributed by atoms with Gasteiger partial charge in [-0.25, -0.2) is 9.67 Å². The zero-order valence-corrected chi connectivity index (χ0v) is 15.3. The van der Waals surface area contributed by atoms with Crippen LogP contribution in [0.5, 0.6) is 0 Å². The second-order valence-corrected chi connectivity index (χ2v) is 7.10. The van der Waals surface area contributed by atoms with Gasteiger partial charge < -0.3 is 0 Å². The molecule has 0 saturated heterocycles. The Morgan fingerprint density at radius 2 is 1.89 bits per heavy atom. The molecule has 0 amide bonds. The Morgan fingerprint density at radius 3 is 2.61 bits per heavy atom. The maximum absolute atomic E-state index is 13.1. The lowest BCUT2D eigenvalue weighted by molar-refractivity contribution is 0.382. The predicted molar refractivity (Wildman–Crippen MR) is 101 cm³/mol. The average molecular weight is 378 g/mol. The lowest BCUT2D eigenvalue weighted by atomic mass is 10.1. The molecule has 0 bridgehead atoms. The van der Waals surface area contributed by atoms with Gasteiger partial charge in [0.2, 0.25) is 0 Å². The first-order valence-corrected chi connectivity index (χ1v) is 9.30. The van der Waals surface area contributed by atoms with Gasteiger partial charge in [0.15, 0.2) is 0 Å². The van der Waals surface area contributed by atoms with E-state index in [0.29, 0.717) is 28.4 Å². The van der Waals surface area contributed by atoms with Gasteiger partial charge in [-0.05, 0) is 31.4 Å². The second-order valence-electron chi connectivity index (χ2n) is 7.10. The summed E-state index contributed by atoms with van der Waals surface area (Å²) >= 11 is 0. The van der Waals surface area contributed by atoms with Crippen molar-refractivity contribution >= 4 is 21.8 Å². The lowest BCUT2D eigenvalue weighted by Crippen LogP contribution is -2.28. The lowest BCUT2D eigenvalue weighted by Gasteiger charge is -2.18. The molecule has 3 heterocycles. The van der Waals surface area contributed by atoms with Crippen LogP contribution < -0.4 is 11.1 Å². The van der Waals surface area contributed by atoms with Gasteiger partial charge in [0.1, 0.15) is 5.52 Å². The number of benzene rings is 1. The number of hydrogen-bond acceptors (Lipinski definition) is 7. The fourth-order valence-corrected chi connectivity index (χ4v) is 3.46. The Labute approximate surface area is 158 Å². The fourth-order valence-electron chi connectivity index (χ4n) is 3.46. The smallest absolute Gasteiger partial charge is 0.277 e. The summed E-state index contributed by atoms with van der Waals surface area (Å²) in [7, 11) is 0. The summed E-state index contributed by atoms with van der Waals surface area (Å²) in [5.74, 6) is 0. The summed E-state index contributed by atoms with van der Waals surface area (Å²) in [6.07, 6.45) is 7.52. The summed E-state index contributed by atoms with van der Waals surface area (Å²) in [5, 5.41) is 16.8. The zero-order chi connectivity index (χ0) is 19.3. The number of nitrogens with zero attached hydrogens (tertiary/aromatic N) is 8. The Hall–Kier alpha value is -3.43. The van der Waals surface area contributed by atoms with Crippen LogP contribution in [0.1, 0.15) is 38.3 Å². The minimum Gasteiger partial charge on any atom is -0.294 e. The highest BCUT2D eigenvalue weighted by Crippen LogP contribution is 2.32. The molecule has 1 fully saturated rings. The van der Waals surface area contributed by atoms with Gasteiger partial charge in [0.25, 0.3) is 11.1 Å². The number of fused-ring (bicyclic) bond motifs is 2. The molecule has 10 heteroatoms. The maximum Gasteiger partial charge on any atom is 0.277 e. The highest BCUT2D eigenvalue weighted by molar-refractivity contribution is 5.93. The van der Waals surface area contributed by atoms with Crippen molar-refractivity contribution in [2.45, 2.75) is 44.8 Å². The predicted octanol–water partition coefficient (Wildman–Crippen LogP) is 1.08. The van der Waals surface area contributed by atoms with Crippen LogP contribution in [0.15, 0.2) is 40.4 Å². The Bertz CT molecular complexity index is 1290. The van der Waals surface area contributed by atoms with Crippen molar-refractivity contribution in [1.82, 2.24) is 39.5 Å². The third-order valence-electron chi connectivity index (χ3n) is 5.21. The van der Waals surface area contributed by atoms with Crippen LogP contribution in [0.3, 0.4) is 0 Å². The largest absolute Gasteiger partial charge is 0.294 e. The minimum absolute atomic E-state index is 0.115. The standard InChI is InChI=1S/C18H18N8O2/c1-2-11(9-24-6-5-20-22-24)25-10-19-15-7-14-16(8-13(15)17(25)27)21-23-26(18(14)28)12-3-4-12/h5-8,10-12H,2-4,9H2,1H3. The fraction of sp³-hybridized carbons (Fsp3) is 0.389. The highest BCUT2D eigenvalue weighted by atomic mass is 16.1. The molecular weight excluding hydrogens is 360 g/mol. The van der Waals surface area contributed by atoms with Crippen LogP contribution >= 0.6 is 0 Å². The van der Waals surface area contributed by atoms with E-state index in [-0.39, 0.29) is 23.2 Å². The van der Waals surface area contributed by atoms with E-state index in [1.807, 2.05) is 6.92 Å². The van der Waals surface area contributed by atoms with E-state index in [4.69, 9.17) is 0 Å². The van der Waals surface area contributed by atoms with Crippen LogP contribution in [-0.2, 0) is 6.54 Å². The van der Waals surface area contributed by atoms with Gasteiger partial charge in [-0.1, -0.05) is 17.4 Å². The van der Waals surface area contributed by atoms with E-state index in [0.717, 1.165) is 19.3 Å². The molecule has 0 N–H and O–H groups in total. The van der Waals surface area contributed by atoms with E-state index in [2.05, 4.69) is 25.6 Å². The van der Waals surface area contributed by atoms with Crippen LogP contribution in [0.4, 0.5) is 0 Å². The van der Waals surface area contributed by atoms with Crippen molar-refractivity contribution in [3.63, 3.8) is 0 Å². The van der Waals surface area contributed by atoms with E-state index in [1.165, 1.54) is 11.0 Å². The average Bonchev–Trinajstić information content (AvgIpc) is 3.42. The molecule has 3 aromatic heterocycles. The molecular formula is C18H18N8O2. The Kier molecular flexibility index (Phi) is 3.78. The summed E-state index contributed by atoms with van der Waals surface area (Å²) in [4.78, 5) is 30.2. The van der Waals surface area contributed by atoms with Crippen molar-refractivity contribution < 1.29 is 0 Å². The molecule has 0 aliphatic heterocycles. The van der Waals surface area contributed by atoms with Gasteiger partial charge in [-0.3, -0.25) is 18.8 Å². The van der Waals surface area contributed by atoms with Gasteiger partial charge in [-0.2, -0.15) is 0 Å². The van der Waals surface area contributed by atoms with Gasteiger partial charge >= 0.3 is 0 Å². The molecule has 1 unspecified atom stereocenters. The highest BCUT2D eigenvalue weighted by Gasteiger charge is 2.27. The third kappa shape index (κ3) is 2.68. The first-order valence-electron chi connectivity index (χ1n) is 9.30. The van der Waals surface area contributed by atoms with Crippen LogP contribution in [0, 0.1) is 0 Å². The van der Waals surface area contributed by atoms with E-state index in [9.17, 15) is 9.59 Å². The SMILES string of the molecule is CCC(Cn1ccnn1)n1cnc2cc3c(=O)n(C4CC4)nnc3cc2c1=O. The topological polar surface area (TPSA) is 113 Å². The minimum atomic E-state index is -0.182. The van der Waals surface area contributed by atoms with Crippen molar-refractivity contribution in [3.05, 3.63) is 51.6 Å². The number of aromatic nitrogens is 8. The number of rotatable bonds is 5. The van der Waals surface area contributed by atoms with Crippen molar-refractivity contribution in [2.75, 3.05) is 0 Å². The quantitative estimate of drug-likeness (QED) is 0.477. The first-order chi connectivity index (χ1) is 13.7. The van der Waals surface area contributed by atoms with Crippen LogP contribution in [0.25, 0.3) is 21.8 Å². The zero-order valence-electron chi connectivity index (χ0n) is 15.3. The molecule has 1 aliphatic rings. The summed E-state index contributed by atoms with van der Waals surface area (Å²) in [6.45, 7) is 2.52. The summed E-state index contributed by atoms with van der Waals surface area (Å²) < 4.78 is 4.73. The summed E-state index contributed by atoms with van der Waals surface area (Å²) in [5.41, 5.74) is 0.539. The molecule has 1 atom stereocenters. The molecule has 0 radical (unpaired) electrons. The molecule has 1 aromatic carbocycles. The molecule has 4 aromatic rings. The van der Waals surface area contributed by atoms with Crippen molar-refractivity contribution in [3.8, 4) is 0 Å². The molecule has 1 aliphatic carbocycles. The van der Waals surface area contributed by atoms with Crippen LogP contribution in [0.2, 0.25) is 0 Å². The van der Waals surface area contributed by atoms with Gasteiger partial charge in [-0.15, -0.1) is 10.2 Å². The molecule has 28 heavy (non-hydrogen) atoms. The molecule has 0 spiro atoms. The van der Waals surface area contributed by atoms with Crippen LogP contribution in [-0.4, -0.2) is 39.5 Å². The second kappa shape index (κ2) is 6.32. The monoisotopic (exact) mass is 378 g/mol. The molecule has 10 nitrogen and oxygen atoms in total. The Morgan fingerprint density at radius 1 is 1.11 bits per heavy atom. The normalized spacial score (nSPS) is 15.3. The van der Waals surface area contributed by atoms with Crippen molar-refractivity contribution in [1.29, 1.82) is 0 Å². The number of hydrogen-bond donors (Lipinski definition) is 0. The first kappa shape index (κ1) is 16.7. The molecule has 1 saturated carbocycles. The Balaban J connectivity index is 1.64. The molecule has 142 valence electrons. The van der Waals surface area contributed by atoms with Crippen molar-refractivity contribution in [2.24, 2.45) is 0 Å². The van der Waals surface area contributed by atoms with E-state index in [1.54, 1.807) is 33.8 Å². The maximum atomic E-state index is 13.1. The van der Waals surface area contributed by atoms with E-state index < -0.39 is 0 Å². The molecule has 5 rings (SSSR count). The van der Waals surface area contributed by atoms with Gasteiger partial charge in [0.05, 0.1) is 47.4 Å².